The molecule has 0 aliphatic carbocycles. The molecule has 1 atom stereocenters. The van der Waals surface area contributed by atoms with E-state index in [2.05, 4.69) is 26.6 Å². The third-order valence-electron chi connectivity index (χ3n) is 2.35. The van der Waals surface area contributed by atoms with E-state index < -0.39 is 0 Å². The summed E-state index contributed by atoms with van der Waals surface area (Å²) in [5.41, 5.74) is 1.04. The fraction of sp³-hybridized carbons (Fsp3) is 0.417. The number of halogens is 2. The van der Waals surface area contributed by atoms with Gasteiger partial charge in [0.25, 0.3) is 0 Å². The molecule has 0 aliphatic rings. The first-order valence-corrected chi connectivity index (χ1v) is 6.66. The average Bonchev–Trinajstić information content (AvgIpc) is 2.30. The van der Waals surface area contributed by atoms with Gasteiger partial charge in [0.2, 0.25) is 5.91 Å². The number of benzene rings is 1. The van der Waals surface area contributed by atoms with Crippen LogP contribution in [0, 0.1) is 0 Å². The van der Waals surface area contributed by atoms with Gasteiger partial charge in [-0.05, 0) is 37.6 Å². The van der Waals surface area contributed by atoms with Gasteiger partial charge in [-0.3, -0.25) is 4.79 Å². The van der Waals surface area contributed by atoms with Gasteiger partial charge < -0.3 is 10.6 Å². The first-order chi connectivity index (χ1) is 8.04. The zero-order valence-electron chi connectivity index (χ0n) is 9.89. The predicted molar refractivity (Wildman–Crippen MR) is 74.1 cm³/mol. The van der Waals surface area contributed by atoms with Gasteiger partial charge in [0.05, 0.1) is 6.04 Å². The predicted octanol–water partition coefficient (Wildman–Crippen LogP) is 2.72. The van der Waals surface area contributed by atoms with E-state index in [9.17, 15) is 4.79 Å². The molecule has 1 unspecified atom stereocenters. The molecule has 5 heteroatoms. The molecule has 0 saturated carbocycles. The number of rotatable bonds is 5. The SMILES string of the molecule is CCNC(=O)C(C)NCc1cc(Cl)ccc1Br. The summed E-state index contributed by atoms with van der Waals surface area (Å²) >= 11 is 9.37. The van der Waals surface area contributed by atoms with E-state index in [1.54, 1.807) is 0 Å². The minimum absolute atomic E-state index is 0.00523. The average molecular weight is 320 g/mol. The molecule has 0 fully saturated rings. The number of amides is 1. The molecule has 0 aliphatic heterocycles. The maximum atomic E-state index is 11.5. The van der Waals surface area contributed by atoms with Crippen molar-refractivity contribution in [2.75, 3.05) is 6.54 Å². The first kappa shape index (κ1) is 14.5. The van der Waals surface area contributed by atoms with Gasteiger partial charge in [-0.1, -0.05) is 27.5 Å². The van der Waals surface area contributed by atoms with Crippen LogP contribution in [0.2, 0.25) is 5.02 Å². The van der Waals surface area contributed by atoms with Crippen LogP contribution in [0.5, 0.6) is 0 Å². The lowest BCUT2D eigenvalue weighted by Crippen LogP contribution is -2.41. The third kappa shape index (κ3) is 4.66. The number of likely N-dealkylation sites (N-methyl/N-ethyl adjacent to an activating group) is 1. The van der Waals surface area contributed by atoms with Crippen LogP contribution >= 0.6 is 27.5 Å². The van der Waals surface area contributed by atoms with Gasteiger partial charge in [0.1, 0.15) is 0 Å². The molecule has 1 rings (SSSR count). The fourth-order valence-corrected chi connectivity index (χ4v) is 1.94. The Bertz CT molecular complexity index is 398. The van der Waals surface area contributed by atoms with Gasteiger partial charge in [0, 0.05) is 22.6 Å². The molecule has 94 valence electrons. The van der Waals surface area contributed by atoms with Crippen molar-refractivity contribution in [3.63, 3.8) is 0 Å². The van der Waals surface area contributed by atoms with Crippen LogP contribution in [0.1, 0.15) is 19.4 Å². The Labute approximate surface area is 115 Å². The quantitative estimate of drug-likeness (QED) is 0.876. The van der Waals surface area contributed by atoms with Crippen LogP contribution in [0.3, 0.4) is 0 Å². The topological polar surface area (TPSA) is 41.1 Å². The van der Waals surface area contributed by atoms with Crippen LogP contribution in [0.4, 0.5) is 0 Å². The van der Waals surface area contributed by atoms with E-state index in [0.717, 1.165) is 10.0 Å². The molecule has 1 aromatic carbocycles. The number of carbonyl (C=O) groups is 1. The van der Waals surface area contributed by atoms with Crippen molar-refractivity contribution >= 4 is 33.4 Å². The van der Waals surface area contributed by atoms with Crippen LogP contribution in [0.15, 0.2) is 22.7 Å². The zero-order valence-corrected chi connectivity index (χ0v) is 12.2. The standard InChI is InChI=1S/C12H16BrClN2O/c1-3-15-12(17)8(2)16-7-9-6-10(14)4-5-11(9)13/h4-6,8,16H,3,7H2,1-2H3,(H,15,17). The maximum absolute atomic E-state index is 11.5. The minimum atomic E-state index is -0.221. The van der Waals surface area contributed by atoms with Crippen molar-refractivity contribution in [3.8, 4) is 0 Å². The fourth-order valence-electron chi connectivity index (χ4n) is 1.36. The lowest BCUT2D eigenvalue weighted by molar-refractivity contribution is -0.122. The molecular weight excluding hydrogens is 304 g/mol. The summed E-state index contributed by atoms with van der Waals surface area (Å²) in [6.45, 7) is 4.98. The highest BCUT2D eigenvalue weighted by molar-refractivity contribution is 9.10. The monoisotopic (exact) mass is 318 g/mol. The minimum Gasteiger partial charge on any atom is -0.355 e. The van der Waals surface area contributed by atoms with Crippen molar-refractivity contribution < 1.29 is 4.79 Å². The van der Waals surface area contributed by atoms with Crippen molar-refractivity contribution in [2.45, 2.75) is 26.4 Å². The lowest BCUT2D eigenvalue weighted by atomic mass is 10.2. The van der Waals surface area contributed by atoms with E-state index in [1.807, 2.05) is 32.0 Å². The highest BCUT2D eigenvalue weighted by atomic mass is 79.9. The molecule has 0 radical (unpaired) electrons. The molecular formula is C12H16BrClN2O. The Morgan fingerprint density at radius 1 is 1.53 bits per heavy atom. The molecule has 0 spiro atoms. The number of nitrogens with one attached hydrogen (secondary N) is 2. The second kappa shape index (κ2) is 6.99. The van der Waals surface area contributed by atoms with Crippen molar-refractivity contribution in [2.24, 2.45) is 0 Å². The molecule has 1 amide bonds. The molecule has 17 heavy (non-hydrogen) atoms. The summed E-state index contributed by atoms with van der Waals surface area (Å²) in [5, 5.41) is 6.61. The van der Waals surface area contributed by atoms with Crippen LogP contribution < -0.4 is 10.6 Å². The summed E-state index contributed by atoms with van der Waals surface area (Å²) in [6.07, 6.45) is 0. The van der Waals surface area contributed by atoms with Crippen LogP contribution in [-0.2, 0) is 11.3 Å². The number of hydrogen-bond donors (Lipinski definition) is 2. The Hall–Kier alpha value is -0.580. The molecule has 2 N–H and O–H groups in total. The van der Waals surface area contributed by atoms with Gasteiger partial charge in [0.15, 0.2) is 0 Å². The Morgan fingerprint density at radius 3 is 2.88 bits per heavy atom. The van der Waals surface area contributed by atoms with Gasteiger partial charge in [-0.15, -0.1) is 0 Å². The second-order valence-electron chi connectivity index (χ2n) is 3.73. The summed E-state index contributed by atoms with van der Waals surface area (Å²) in [4.78, 5) is 11.5. The third-order valence-corrected chi connectivity index (χ3v) is 3.36. The highest BCUT2D eigenvalue weighted by Gasteiger charge is 2.11. The highest BCUT2D eigenvalue weighted by Crippen LogP contribution is 2.20. The van der Waals surface area contributed by atoms with E-state index in [-0.39, 0.29) is 11.9 Å². The van der Waals surface area contributed by atoms with Crippen molar-refractivity contribution in [3.05, 3.63) is 33.3 Å². The maximum Gasteiger partial charge on any atom is 0.236 e. The number of carbonyl (C=O) groups excluding carboxylic acids is 1. The second-order valence-corrected chi connectivity index (χ2v) is 5.02. The Balaban J connectivity index is 2.55. The van der Waals surface area contributed by atoms with E-state index >= 15 is 0 Å². The van der Waals surface area contributed by atoms with Gasteiger partial charge >= 0.3 is 0 Å². The smallest absolute Gasteiger partial charge is 0.236 e. The molecule has 3 nitrogen and oxygen atoms in total. The molecule has 0 bridgehead atoms. The molecule has 0 aromatic heterocycles. The summed E-state index contributed by atoms with van der Waals surface area (Å²) < 4.78 is 0.984. The van der Waals surface area contributed by atoms with Gasteiger partial charge in [-0.25, -0.2) is 0 Å². The Morgan fingerprint density at radius 2 is 2.24 bits per heavy atom. The summed E-state index contributed by atoms with van der Waals surface area (Å²) in [7, 11) is 0. The summed E-state index contributed by atoms with van der Waals surface area (Å²) in [6, 6.07) is 5.38. The molecule has 0 heterocycles. The van der Waals surface area contributed by atoms with E-state index in [1.165, 1.54) is 0 Å². The normalized spacial score (nSPS) is 12.2. The zero-order chi connectivity index (χ0) is 12.8. The van der Waals surface area contributed by atoms with Crippen LogP contribution in [0.25, 0.3) is 0 Å². The first-order valence-electron chi connectivity index (χ1n) is 5.49. The molecule has 1 aromatic rings. The summed E-state index contributed by atoms with van der Waals surface area (Å²) in [5.74, 6) is 0.00523. The van der Waals surface area contributed by atoms with Crippen molar-refractivity contribution in [1.29, 1.82) is 0 Å². The lowest BCUT2D eigenvalue weighted by Gasteiger charge is -2.14. The van der Waals surface area contributed by atoms with Crippen molar-refractivity contribution in [1.82, 2.24) is 10.6 Å². The number of hydrogen-bond acceptors (Lipinski definition) is 2. The van der Waals surface area contributed by atoms with Gasteiger partial charge in [-0.2, -0.15) is 0 Å². The van der Waals surface area contributed by atoms with E-state index in [0.29, 0.717) is 18.1 Å². The van der Waals surface area contributed by atoms with E-state index in [4.69, 9.17) is 11.6 Å². The van der Waals surface area contributed by atoms with Crippen LogP contribution in [-0.4, -0.2) is 18.5 Å². The Kier molecular flexibility index (Phi) is 5.95. The molecule has 0 saturated heterocycles. The largest absolute Gasteiger partial charge is 0.355 e.